The summed E-state index contributed by atoms with van der Waals surface area (Å²) in [4.78, 5) is 10.7. The van der Waals surface area contributed by atoms with Gasteiger partial charge in [0.2, 0.25) is 5.91 Å². The van der Waals surface area contributed by atoms with Crippen molar-refractivity contribution in [2.24, 2.45) is 11.7 Å². The minimum atomic E-state index is -0.427. The Kier molecular flexibility index (Phi) is 3.66. The van der Waals surface area contributed by atoms with E-state index in [9.17, 15) is 9.18 Å². The monoisotopic (exact) mass is 211 g/mol. The summed E-state index contributed by atoms with van der Waals surface area (Å²) in [6.45, 7) is 3.64. The molecule has 0 heterocycles. The first-order valence-electron chi connectivity index (χ1n) is 4.69. The number of carbonyl (C=O) groups excluding carboxylic acids is 1. The predicted octanol–water partition coefficient (Wildman–Crippen LogP) is 1.63. The molecule has 2 N–H and O–H groups in total. The molecule has 3 nitrogen and oxygen atoms in total. The summed E-state index contributed by atoms with van der Waals surface area (Å²) in [6.07, 6.45) is 0. The zero-order chi connectivity index (χ0) is 11.4. The molecule has 1 atom stereocenters. The lowest BCUT2D eigenvalue weighted by Gasteiger charge is -2.11. The largest absolute Gasteiger partial charge is 0.492 e. The second kappa shape index (κ2) is 4.77. The van der Waals surface area contributed by atoms with Crippen molar-refractivity contribution in [3.05, 3.63) is 29.6 Å². The second-order valence-electron chi connectivity index (χ2n) is 3.52. The molecule has 0 aliphatic heterocycles. The minimum absolute atomic E-state index is 0.166. The van der Waals surface area contributed by atoms with E-state index in [0.29, 0.717) is 5.75 Å². The number of hydrogen-bond donors (Lipinski definition) is 1. The van der Waals surface area contributed by atoms with Crippen LogP contribution >= 0.6 is 0 Å². The molecule has 0 spiro atoms. The number of amides is 1. The lowest BCUT2D eigenvalue weighted by molar-refractivity contribution is -0.122. The molecule has 0 aromatic heterocycles. The number of benzene rings is 1. The maximum atomic E-state index is 12.9. The first kappa shape index (κ1) is 11.5. The van der Waals surface area contributed by atoms with Crippen LogP contribution in [-0.2, 0) is 4.79 Å². The molecular weight excluding hydrogens is 197 g/mol. The van der Waals surface area contributed by atoms with Gasteiger partial charge in [-0.05, 0) is 18.6 Å². The average Bonchev–Trinajstić information content (AvgIpc) is 2.18. The van der Waals surface area contributed by atoms with E-state index in [0.717, 1.165) is 5.56 Å². The van der Waals surface area contributed by atoms with Gasteiger partial charge in [-0.3, -0.25) is 4.79 Å². The van der Waals surface area contributed by atoms with Crippen molar-refractivity contribution >= 4 is 5.91 Å². The van der Waals surface area contributed by atoms with Gasteiger partial charge >= 0.3 is 0 Å². The molecule has 0 radical (unpaired) electrons. The number of halogens is 1. The van der Waals surface area contributed by atoms with Gasteiger partial charge in [0.05, 0.1) is 12.5 Å². The van der Waals surface area contributed by atoms with Crippen LogP contribution in [0.15, 0.2) is 18.2 Å². The maximum absolute atomic E-state index is 12.9. The highest BCUT2D eigenvalue weighted by Gasteiger charge is 2.10. The lowest BCUT2D eigenvalue weighted by atomic mass is 10.2. The van der Waals surface area contributed by atoms with Gasteiger partial charge < -0.3 is 10.5 Å². The number of hydrogen-bond acceptors (Lipinski definition) is 2. The van der Waals surface area contributed by atoms with Crippen LogP contribution in [0.5, 0.6) is 5.75 Å². The molecule has 1 unspecified atom stereocenters. The second-order valence-corrected chi connectivity index (χ2v) is 3.52. The molecule has 1 aromatic carbocycles. The van der Waals surface area contributed by atoms with Crippen LogP contribution in [0.3, 0.4) is 0 Å². The highest BCUT2D eigenvalue weighted by atomic mass is 19.1. The highest BCUT2D eigenvalue weighted by molar-refractivity contribution is 5.76. The van der Waals surface area contributed by atoms with E-state index >= 15 is 0 Å². The van der Waals surface area contributed by atoms with Crippen LogP contribution in [0.2, 0.25) is 0 Å². The quantitative estimate of drug-likeness (QED) is 0.823. The fourth-order valence-electron chi connectivity index (χ4n) is 1.03. The van der Waals surface area contributed by atoms with Crippen molar-refractivity contribution in [1.29, 1.82) is 0 Å². The maximum Gasteiger partial charge on any atom is 0.223 e. The zero-order valence-corrected chi connectivity index (χ0v) is 8.79. The van der Waals surface area contributed by atoms with Gasteiger partial charge in [0.25, 0.3) is 0 Å². The summed E-state index contributed by atoms with van der Waals surface area (Å²) < 4.78 is 18.2. The molecule has 1 rings (SSSR count). The van der Waals surface area contributed by atoms with E-state index in [1.165, 1.54) is 12.1 Å². The van der Waals surface area contributed by atoms with E-state index in [2.05, 4.69) is 0 Å². The Balaban J connectivity index is 2.65. The third-order valence-electron chi connectivity index (χ3n) is 2.12. The molecule has 0 saturated heterocycles. The Hall–Kier alpha value is -1.58. The molecule has 82 valence electrons. The summed E-state index contributed by atoms with van der Waals surface area (Å²) >= 11 is 0. The van der Waals surface area contributed by atoms with E-state index in [-0.39, 0.29) is 18.3 Å². The molecule has 15 heavy (non-hydrogen) atoms. The normalized spacial score (nSPS) is 12.2. The van der Waals surface area contributed by atoms with Crippen molar-refractivity contribution in [2.75, 3.05) is 6.61 Å². The standard InChI is InChI=1S/C11H14FNO2/c1-7-3-4-9(12)5-10(7)15-6-8(2)11(13)14/h3-5,8H,6H2,1-2H3,(H2,13,14). The minimum Gasteiger partial charge on any atom is -0.492 e. The van der Waals surface area contributed by atoms with E-state index in [1.54, 1.807) is 13.0 Å². The van der Waals surface area contributed by atoms with Crippen molar-refractivity contribution in [2.45, 2.75) is 13.8 Å². The van der Waals surface area contributed by atoms with Crippen molar-refractivity contribution in [1.82, 2.24) is 0 Å². The number of ether oxygens (including phenoxy) is 1. The number of rotatable bonds is 4. The molecule has 4 heteroatoms. The number of primary amides is 1. The summed E-state index contributed by atoms with van der Waals surface area (Å²) in [5.74, 6) is -0.720. The van der Waals surface area contributed by atoms with Gasteiger partial charge in [-0.15, -0.1) is 0 Å². The first-order valence-corrected chi connectivity index (χ1v) is 4.69. The molecular formula is C11H14FNO2. The summed E-state index contributed by atoms with van der Waals surface area (Å²) in [5.41, 5.74) is 5.90. The smallest absolute Gasteiger partial charge is 0.223 e. The Morgan fingerprint density at radius 2 is 2.27 bits per heavy atom. The lowest BCUT2D eigenvalue weighted by Crippen LogP contribution is -2.25. The first-order chi connectivity index (χ1) is 7.00. The van der Waals surface area contributed by atoms with Gasteiger partial charge in [0.1, 0.15) is 11.6 Å². The Bertz CT molecular complexity index is 366. The third-order valence-corrected chi connectivity index (χ3v) is 2.12. The molecule has 0 bridgehead atoms. The van der Waals surface area contributed by atoms with E-state index < -0.39 is 5.91 Å². The summed E-state index contributed by atoms with van der Waals surface area (Å²) in [7, 11) is 0. The summed E-state index contributed by atoms with van der Waals surface area (Å²) in [6, 6.07) is 4.28. The van der Waals surface area contributed by atoms with Crippen LogP contribution in [0.25, 0.3) is 0 Å². The Labute approximate surface area is 88.0 Å². The molecule has 0 aliphatic carbocycles. The third kappa shape index (κ3) is 3.23. The van der Waals surface area contributed by atoms with E-state index in [1.807, 2.05) is 6.92 Å². The topological polar surface area (TPSA) is 52.3 Å². The van der Waals surface area contributed by atoms with Gasteiger partial charge in [-0.1, -0.05) is 13.0 Å². The SMILES string of the molecule is Cc1ccc(F)cc1OCC(C)C(N)=O. The fourth-order valence-corrected chi connectivity index (χ4v) is 1.03. The fraction of sp³-hybridized carbons (Fsp3) is 0.364. The molecule has 0 fully saturated rings. The molecule has 1 amide bonds. The van der Waals surface area contributed by atoms with Gasteiger partial charge in [0, 0.05) is 6.07 Å². The van der Waals surface area contributed by atoms with Crippen LogP contribution in [0.1, 0.15) is 12.5 Å². The predicted molar refractivity (Wildman–Crippen MR) is 55.0 cm³/mol. The number of aryl methyl sites for hydroxylation is 1. The molecule has 0 aliphatic rings. The van der Waals surface area contributed by atoms with Crippen molar-refractivity contribution < 1.29 is 13.9 Å². The van der Waals surface area contributed by atoms with Gasteiger partial charge in [0.15, 0.2) is 0 Å². The number of nitrogens with two attached hydrogens (primary N) is 1. The Morgan fingerprint density at radius 1 is 1.60 bits per heavy atom. The van der Waals surface area contributed by atoms with Crippen LogP contribution in [0, 0.1) is 18.7 Å². The molecule has 0 saturated carbocycles. The van der Waals surface area contributed by atoms with E-state index in [4.69, 9.17) is 10.5 Å². The van der Waals surface area contributed by atoms with Crippen LogP contribution in [0.4, 0.5) is 4.39 Å². The zero-order valence-electron chi connectivity index (χ0n) is 8.79. The highest BCUT2D eigenvalue weighted by Crippen LogP contribution is 2.19. The van der Waals surface area contributed by atoms with Gasteiger partial charge in [-0.25, -0.2) is 4.39 Å². The molecule has 1 aromatic rings. The summed E-state index contributed by atoms with van der Waals surface area (Å²) in [5, 5.41) is 0. The van der Waals surface area contributed by atoms with Gasteiger partial charge in [-0.2, -0.15) is 0 Å². The van der Waals surface area contributed by atoms with Crippen molar-refractivity contribution in [3.63, 3.8) is 0 Å². The average molecular weight is 211 g/mol. The van der Waals surface area contributed by atoms with Crippen LogP contribution in [-0.4, -0.2) is 12.5 Å². The Morgan fingerprint density at radius 3 is 2.87 bits per heavy atom. The number of carbonyl (C=O) groups is 1. The van der Waals surface area contributed by atoms with Crippen LogP contribution < -0.4 is 10.5 Å². The van der Waals surface area contributed by atoms with Crippen molar-refractivity contribution in [3.8, 4) is 5.75 Å².